The van der Waals surface area contributed by atoms with Crippen LogP contribution in [0.25, 0.3) is 0 Å². The summed E-state index contributed by atoms with van der Waals surface area (Å²) in [6.07, 6.45) is 1.66. The van der Waals surface area contributed by atoms with E-state index in [-0.39, 0.29) is 6.10 Å². The largest absolute Gasteiger partial charge is 0.493 e. The highest BCUT2D eigenvalue weighted by Crippen LogP contribution is 2.48. The summed E-state index contributed by atoms with van der Waals surface area (Å²) >= 11 is 0. The number of hydrogen-bond donors (Lipinski definition) is 0. The Morgan fingerprint density at radius 2 is 1.78 bits per heavy atom. The molecule has 0 N–H and O–H groups in total. The van der Waals surface area contributed by atoms with Crippen molar-refractivity contribution in [3.05, 3.63) is 47.0 Å². The fourth-order valence-electron chi connectivity index (χ4n) is 3.19. The number of hydrogen-bond acceptors (Lipinski definition) is 4. The van der Waals surface area contributed by atoms with Gasteiger partial charge in [-0.25, -0.2) is 0 Å². The van der Waals surface area contributed by atoms with E-state index in [4.69, 9.17) is 18.9 Å². The lowest BCUT2D eigenvalue weighted by molar-refractivity contribution is 0.199. The van der Waals surface area contributed by atoms with Crippen molar-refractivity contribution in [2.75, 3.05) is 21.3 Å². The van der Waals surface area contributed by atoms with Gasteiger partial charge in [-0.15, -0.1) is 0 Å². The zero-order chi connectivity index (χ0) is 16.4. The Morgan fingerprint density at radius 1 is 1.04 bits per heavy atom. The quantitative estimate of drug-likeness (QED) is 0.849. The lowest BCUT2D eigenvalue weighted by atomic mass is 9.96. The molecule has 4 heteroatoms. The van der Waals surface area contributed by atoms with Crippen molar-refractivity contribution in [2.24, 2.45) is 0 Å². The smallest absolute Gasteiger partial charge is 0.203 e. The molecule has 0 amide bonds. The summed E-state index contributed by atoms with van der Waals surface area (Å²) in [7, 11) is 4.88. The summed E-state index contributed by atoms with van der Waals surface area (Å²) in [5.41, 5.74) is 3.48. The molecule has 0 radical (unpaired) electrons. The van der Waals surface area contributed by atoms with Gasteiger partial charge < -0.3 is 18.9 Å². The van der Waals surface area contributed by atoms with Gasteiger partial charge in [0.15, 0.2) is 11.5 Å². The first-order valence-electron chi connectivity index (χ1n) is 7.79. The van der Waals surface area contributed by atoms with Crippen molar-refractivity contribution in [1.82, 2.24) is 0 Å². The van der Waals surface area contributed by atoms with Gasteiger partial charge in [0, 0.05) is 18.1 Å². The maximum atomic E-state index is 6.30. The lowest BCUT2D eigenvalue weighted by Crippen LogP contribution is -2.07. The Morgan fingerprint density at radius 3 is 2.43 bits per heavy atom. The van der Waals surface area contributed by atoms with Gasteiger partial charge in [0.2, 0.25) is 5.75 Å². The molecule has 122 valence electrons. The summed E-state index contributed by atoms with van der Waals surface area (Å²) in [5, 5.41) is 0. The van der Waals surface area contributed by atoms with E-state index in [1.165, 1.54) is 11.1 Å². The normalized spacial score (nSPS) is 15.7. The van der Waals surface area contributed by atoms with Gasteiger partial charge in [-0.3, -0.25) is 0 Å². The van der Waals surface area contributed by atoms with E-state index >= 15 is 0 Å². The maximum Gasteiger partial charge on any atom is 0.203 e. The van der Waals surface area contributed by atoms with Gasteiger partial charge in [0.05, 0.1) is 21.3 Å². The van der Waals surface area contributed by atoms with Crippen LogP contribution in [0.2, 0.25) is 0 Å². The molecule has 0 saturated heterocycles. The predicted octanol–water partition coefficient (Wildman–Crippen LogP) is 4.15. The molecule has 0 fully saturated rings. The zero-order valence-electron chi connectivity index (χ0n) is 14.0. The Balaban J connectivity index is 2.22. The number of rotatable bonds is 4. The van der Waals surface area contributed by atoms with Crippen molar-refractivity contribution in [3.63, 3.8) is 0 Å². The van der Waals surface area contributed by atoms with Gasteiger partial charge in [-0.2, -0.15) is 0 Å². The summed E-state index contributed by atoms with van der Waals surface area (Å²) in [4.78, 5) is 0. The average molecular weight is 314 g/mol. The van der Waals surface area contributed by atoms with E-state index in [2.05, 4.69) is 31.2 Å². The Kier molecular flexibility index (Phi) is 4.33. The second kappa shape index (κ2) is 6.41. The van der Waals surface area contributed by atoms with E-state index < -0.39 is 0 Å². The molecule has 23 heavy (non-hydrogen) atoms. The van der Waals surface area contributed by atoms with Crippen LogP contribution in [0.5, 0.6) is 23.0 Å². The molecule has 2 aromatic carbocycles. The van der Waals surface area contributed by atoms with E-state index in [1.807, 2.05) is 6.07 Å². The van der Waals surface area contributed by atoms with E-state index in [0.717, 1.165) is 24.2 Å². The van der Waals surface area contributed by atoms with E-state index in [9.17, 15) is 0 Å². The minimum Gasteiger partial charge on any atom is -0.493 e. The van der Waals surface area contributed by atoms with Gasteiger partial charge in [0.1, 0.15) is 11.9 Å². The minimum atomic E-state index is 0.0234. The molecule has 1 aliphatic heterocycles. The topological polar surface area (TPSA) is 36.9 Å². The van der Waals surface area contributed by atoms with Crippen molar-refractivity contribution in [3.8, 4) is 23.0 Å². The first kappa shape index (κ1) is 15.5. The molecule has 1 atom stereocenters. The van der Waals surface area contributed by atoms with E-state index in [1.54, 1.807) is 21.3 Å². The molecule has 0 bridgehead atoms. The number of methoxy groups -OCH3 is 3. The van der Waals surface area contributed by atoms with Crippen LogP contribution in [0.1, 0.15) is 36.1 Å². The fourth-order valence-corrected chi connectivity index (χ4v) is 3.19. The second-order valence-electron chi connectivity index (χ2n) is 5.51. The second-order valence-corrected chi connectivity index (χ2v) is 5.51. The highest BCUT2D eigenvalue weighted by molar-refractivity contribution is 5.63. The molecule has 2 aromatic rings. The summed E-state index contributed by atoms with van der Waals surface area (Å²) < 4.78 is 22.9. The first-order valence-corrected chi connectivity index (χ1v) is 7.79. The van der Waals surface area contributed by atoms with Gasteiger partial charge in [0.25, 0.3) is 0 Å². The molecule has 0 saturated carbocycles. The molecule has 1 aliphatic rings. The number of benzene rings is 2. The molecule has 0 aromatic heterocycles. The first-order chi connectivity index (χ1) is 11.2. The molecular weight excluding hydrogens is 292 g/mol. The standard InChI is InChI=1S/C19H22O4/c1-5-15-13-9-7-6-8-12(13)10-14-16(23-15)11-17(20-2)19(22-4)18(14)21-3/h6-9,11,15H,5,10H2,1-4H3/t15-/m0/s1. The Bertz CT molecular complexity index is 709. The minimum absolute atomic E-state index is 0.0234. The Labute approximate surface area is 136 Å². The van der Waals surface area contributed by atoms with Crippen LogP contribution in [0.4, 0.5) is 0 Å². The van der Waals surface area contributed by atoms with Crippen molar-refractivity contribution >= 4 is 0 Å². The van der Waals surface area contributed by atoms with Gasteiger partial charge >= 0.3 is 0 Å². The third kappa shape index (κ3) is 2.58. The number of ether oxygens (including phenoxy) is 4. The molecule has 1 heterocycles. The SMILES string of the molecule is CC[C@@H]1Oc2cc(OC)c(OC)c(OC)c2Cc2ccccc21. The lowest BCUT2D eigenvalue weighted by Gasteiger charge is -2.20. The summed E-state index contributed by atoms with van der Waals surface area (Å²) in [6, 6.07) is 10.3. The third-order valence-electron chi connectivity index (χ3n) is 4.30. The van der Waals surface area contributed by atoms with Crippen LogP contribution in [-0.4, -0.2) is 21.3 Å². The average Bonchev–Trinajstić information content (AvgIpc) is 2.75. The molecular formula is C19H22O4. The molecule has 0 spiro atoms. The number of fused-ring (bicyclic) bond motifs is 2. The third-order valence-corrected chi connectivity index (χ3v) is 4.30. The Hall–Kier alpha value is -2.36. The van der Waals surface area contributed by atoms with Crippen LogP contribution in [0.15, 0.2) is 30.3 Å². The summed E-state index contributed by atoms with van der Waals surface area (Å²) in [5.74, 6) is 2.68. The van der Waals surface area contributed by atoms with Crippen LogP contribution in [0, 0.1) is 0 Å². The molecule has 3 rings (SSSR count). The zero-order valence-corrected chi connectivity index (χ0v) is 14.0. The van der Waals surface area contributed by atoms with E-state index in [0.29, 0.717) is 17.2 Å². The van der Waals surface area contributed by atoms with Crippen LogP contribution >= 0.6 is 0 Å². The maximum absolute atomic E-state index is 6.30. The molecule has 4 nitrogen and oxygen atoms in total. The van der Waals surface area contributed by atoms with Crippen molar-refractivity contribution < 1.29 is 18.9 Å². The van der Waals surface area contributed by atoms with Crippen LogP contribution in [0.3, 0.4) is 0 Å². The van der Waals surface area contributed by atoms with Crippen molar-refractivity contribution in [1.29, 1.82) is 0 Å². The molecule has 0 unspecified atom stereocenters. The summed E-state index contributed by atoms with van der Waals surface area (Å²) in [6.45, 7) is 2.13. The van der Waals surface area contributed by atoms with Gasteiger partial charge in [-0.05, 0) is 17.5 Å². The predicted molar refractivity (Wildman–Crippen MR) is 89.0 cm³/mol. The monoisotopic (exact) mass is 314 g/mol. The van der Waals surface area contributed by atoms with Gasteiger partial charge in [-0.1, -0.05) is 31.2 Å². The van der Waals surface area contributed by atoms with Crippen molar-refractivity contribution in [2.45, 2.75) is 25.9 Å². The van der Waals surface area contributed by atoms with Crippen LogP contribution in [-0.2, 0) is 6.42 Å². The fraction of sp³-hybridized carbons (Fsp3) is 0.368. The highest BCUT2D eigenvalue weighted by Gasteiger charge is 2.28. The molecule has 0 aliphatic carbocycles. The highest BCUT2D eigenvalue weighted by atomic mass is 16.5. The van der Waals surface area contributed by atoms with Crippen LogP contribution < -0.4 is 18.9 Å².